The van der Waals surface area contributed by atoms with Crippen LogP contribution in [0.1, 0.15) is 6.92 Å². The van der Waals surface area contributed by atoms with E-state index in [1.54, 1.807) is 30.3 Å². The molecule has 0 saturated heterocycles. The molecule has 0 spiro atoms. The smallest absolute Gasteiger partial charge is 0.436 e. The van der Waals surface area contributed by atoms with Gasteiger partial charge in [0.15, 0.2) is 26.1 Å². The Morgan fingerprint density at radius 3 is 2.38 bits per heavy atom. The van der Waals surface area contributed by atoms with Crippen molar-refractivity contribution in [2.24, 2.45) is 0 Å². The molecular weight excluding hydrogens is 557 g/mol. The second kappa shape index (κ2) is 8.53. The maximum absolute atomic E-state index is 13.0. The number of halogens is 4. The molecule has 0 N–H and O–H groups in total. The van der Waals surface area contributed by atoms with Crippen molar-refractivity contribution in [2.75, 3.05) is 5.75 Å². The summed E-state index contributed by atoms with van der Waals surface area (Å²) in [6.45, 7) is 1.41. The summed E-state index contributed by atoms with van der Waals surface area (Å²) in [5.41, 5.74) is -4.76. The Morgan fingerprint density at radius 2 is 1.73 bits per heavy atom. The van der Waals surface area contributed by atoms with E-state index in [1.165, 1.54) is 17.6 Å². The minimum atomic E-state index is -5.64. The van der Waals surface area contributed by atoms with Gasteiger partial charge >= 0.3 is 5.51 Å². The Balaban J connectivity index is 1.78. The molecule has 2 aromatic carbocycles. The van der Waals surface area contributed by atoms with E-state index < -0.39 is 35.1 Å². The molecule has 37 heavy (non-hydrogen) atoms. The van der Waals surface area contributed by atoms with Crippen LogP contribution in [0.15, 0.2) is 69.1 Å². The summed E-state index contributed by atoms with van der Waals surface area (Å²) in [4.78, 5) is 7.33. The highest BCUT2D eigenvalue weighted by molar-refractivity contribution is 7.92. The summed E-state index contributed by atoms with van der Waals surface area (Å²) in [5.74, 6) is -0.631. The van der Waals surface area contributed by atoms with Crippen molar-refractivity contribution >= 4 is 48.0 Å². The molecule has 0 unspecified atom stereocenters. The van der Waals surface area contributed by atoms with Crippen molar-refractivity contribution in [3.8, 4) is 22.7 Å². The lowest BCUT2D eigenvalue weighted by molar-refractivity contribution is -0.0435. The first-order chi connectivity index (χ1) is 17.3. The minimum Gasteiger partial charge on any atom is -0.436 e. The first-order valence-corrected chi connectivity index (χ1v) is 13.9. The van der Waals surface area contributed by atoms with Crippen LogP contribution in [0, 0.1) is 0 Å². The van der Waals surface area contributed by atoms with Gasteiger partial charge in [0.25, 0.3) is 9.84 Å². The molecule has 0 saturated carbocycles. The number of aromatic nitrogens is 4. The average molecular weight is 571 g/mol. The van der Waals surface area contributed by atoms with Crippen LogP contribution in [0.25, 0.3) is 39.5 Å². The number of hydrogen-bond acceptors (Lipinski definition) is 8. The van der Waals surface area contributed by atoms with Crippen LogP contribution in [-0.4, -0.2) is 47.7 Å². The van der Waals surface area contributed by atoms with Gasteiger partial charge in [-0.15, -0.1) is 0 Å². The van der Waals surface area contributed by atoms with Crippen LogP contribution in [0.4, 0.5) is 13.2 Å². The standard InChI is InChI=1S/C22H14ClF3N4O5S2/c1-2-36(31,32)21-18(19-27-10-9-16(30(19)29-21)12-3-5-13(23)6-4-12)20-28-15-11-14(7-8-17(15)35-20)37(33,34)22(24,25)26/h3-11H,2H2,1H3. The van der Waals surface area contributed by atoms with E-state index in [4.69, 9.17) is 16.0 Å². The van der Waals surface area contributed by atoms with E-state index >= 15 is 0 Å². The van der Waals surface area contributed by atoms with Crippen LogP contribution in [0.3, 0.4) is 0 Å². The van der Waals surface area contributed by atoms with E-state index in [-0.39, 0.29) is 34.0 Å². The molecule has 0 aliphatic rings. The van der Waals surface area contributed by atoms with Crippen LogP contribution in [0.5, 0.6) is 0 Å². The normalized spacial score (nSPS) is 13.0. The summed E-state index contributed by atoms with van der Waals surface area (Å²) in [5, 5.41) is 4.36. The molecule has 5 aromatic rings. The Hall–Kier alpha value is -3.49. The SMILES string of the molecule is CCS(=O)(=O)c1nn2c(-c3ccc(Cl)cc3)ccnc2c1-c1nc2cc(S(=O)(=O)C(F)(F)F)ccc2o1. The van der Waals surface area contributed by atoms with Crippen molar-refractivity contribution < 1.29 is 34.4 Å². The summed E-state index contributed by atoms with van der Waals surface area (Å²) in [6, 6.07) is 10.7. The predicted molar refractivity (Wildman–Crippen MR) is 127 cm³/mol. The third kappa shape index (κ3) is 4.14. The summed E-state index contributed by atoms with van der Waals surface area (Å²) >= 11 is 5.97. The van der Waals surface area contributed by atoms with Crippen LogP contribution in [-0.2, 0) is 19.7 Å². The van der Waals surface area contributed by atoms with Gasteiger partial charge in [-0.2, -0.15) is 18.3 Å². The van der Waals surface area contributed by atoms with Gasteiger partial charge in [0.05, 0.1) is 16.3 Å². The minimum absolute atomic E-state index is 0.0502. The Kier molecular flexibility index (Phi) is 5.80. The molecule has 0 radical (unpaired) electrons. The number of benzene rings is 2. The van der Waals surface area contributed by atoms with Crippen molar-refractivity contribution in [3.63, 3.8) is 0 Å². The number of nitrogens with zero attached hydrogens (tertiary/aromatic N) is 4. The number of alkyl halides is 3. The van der Waals surface area contributed by atoms with Crippen molar-refractivity contribution in [1.82, 2.24) is 19.6 Å². The summed E-state index contributed by atoms with van der Waals surface area (Å²) in [7, 11) is -9.61. The number of fused-ring (bicyclic) bond motifs is 2. The molecule has 0 bridgehead atoms. The van der Waals surface area contributed by atoms with Gasteiger partial charge in [-0.05, 0) is 36.4 Å². The lowest BCUT2D eigenvalue weighted by Crippen LogP contribution is -2.23. The third-order valence-corrected chi connectivity index (χ3v) is 8.86. The van der Waals surface area contributed by atoms with Gasteiger partial charge in [-0.3, -0.25) is 0 Å². The second-order valence-electron chi connectivity index (χ2n) is 7.75. The van der Waals surface area contributed by atoms with Crippen molar-refractivity contribution in [2.45, 2.75) is 22.4 Å². The van der Waals surface area contributed by atoms with E-state index in [9.17, 15) is 30.0 Å². The number of oxazole rings is 1. The Bertz CT molecular complexity index is 1900. The van der Waals surface area contributed by atoms with E-state index in [2.05, 4.69) is 15.1 Å². The number of sulfone groups is 2. The Labute approximate surface area is 212 Å². The zero-order valence-electron chi connectivity index (χ0n) is 18.6. The molecule has 5 rings (SSSR count). The molecule has 15 heteroatoms. The molecule has 0 aliphatic carbocycles. The quantitative estimate of drug-likeness (QED) is 0.291. The first-order valence-electron chi connectivity index (χ1n) is 10.4. The molecule has 0 atom stereocenters. The van der Waals surface area contributed by atoms with E-state index in [0.717, 1.165) is 12.1 Å². The molecule has 3 aromatic heterocycles. The Morgan fingerprint density at radius 1 is 1.03 bits per heavy atom. The highest BCUT2D eigenvalue weighted by atomic mass is 35.5. The van der Waals surface area contributed by atoms with Crippen LogP contribution < -0.4 is 0 Å². The predicted octanol–water partition coefficient (Wildman–Crippen LogP) is 4.95. The molecule has 9 nitrogen and oxygen atoms in total. The lowest BCUT2D eigenvalue weighted by Gasteiger charge is -2.07. The fourth-order valence-corrected chi connectivity index (χ4v) is 5.50. The fourth-order valence-electron chi connectivity index (χ4n) is 3.62. The van der Waals surface area contributed by atoms with E-state index in [1.807, 2.05) is 0 Å². The van der Waals surface area contributed by atoms with Crippen LogP contribution >= 0.6 is 11.6 Å². The van der Waals surface area contributed by atoms with Crippen molar-refractivity contribution in [1.29, 1.82) is 0 Å². The lowest BCUT2D eigenvalue weighted by atomic mass is 10.1. The third-order valence-electron chi connectivity index (χ3n) is 5.49. The van der Waals surface area contributed by atoms with Gasteiger partial charge in [-0.25, -0.2) is 31.3 Å². The monoisotopic (exact) mass is 570 g/mol. The summed E-state index contributed by atoms with van der Waals surface area (Å²) < 4.78 is 95.6. The molecular formula is C22H14ClF3N4O5S2. The van der Waals surface area contributed by atoms with Gasteiger partial charge in [-0.1, -0.05) is 30.7 Å². The van der Waals surface area contributed by atoms with Gasteiger partial charge in [0.1, 0.15) is 11.1 Å². The molecule has 192 valence electrons. The molecule has 0 amide bonds. The van der Waals surface area contributed by atoms with E-state index in [0.29, 0.717) is 22.3 Å². The maximum atomic E-state index is 13.0. The fraction of sp³-hybridized carbons (Fsp3) is 0.136. The maximum Gasteiger partial charge on any atom is 0.501 e. The molecule has 0 fully saturated rings. The first kappa shape index (κ1) is 25.2. The average Bonchev–Trinajstić information content (AvgIpc) is 3.45. The zero-order valence-corrected chi connectivity index (χ0v) is 21.0. The highest BCUT2D eigenvalue weighted by Crippen LogP contribution is 2.36. The van der Waals surface area contributed by atoms with Crippen LogP contribution in [0.2, 0.25) is 5.02 Å². The summed E-state index contributed by atoms with van der Waals surface area (Å²) in [6.07, 6.45) is 1.42. The van der Waals surface area contributed by atoms with Gasteiger partial charge in [0.2, 0.25) is 5.89 Å². The highest BCUT2D eigenvalue weighted by Gasteiger charge is 2.47. The second-order valence-corrected chi connectivity index (χ2v) is 12.3. The molecule has 3 heterocycles. The topological polar surface area (TPSA) is 124 Å². The molecule has 0 aliphatic heterocycles. The van der Waals surface area contributed by atoms with Crippen molar-refractivity contribution in [3.05, 3.63) is 59.8 Å². The van der Waals surface area contributed by atoms with Gasteiger partial charge < -0.3 is 4.42 Å². The number of hydrogen-bond donors (Lipinski definition) is 0. The zero-order chi connectivity index (χ0) is 26.8. The number of rotatable bonds is 5. The van der Waals surface area contributed by atoms with Gasteiger partial charge in [0, 0.05) is 16.8 Å². The largest absolute Gasteiger partial charge is 0.501 e.